The number of carbonyl (C=O) groups is 1. The van der Waals surface area contributed by atoms with Crippen LogP contribution >= 0.6 is 11.6 Å². The third kappa shape index (κ3) is 5.21. The van der Waals surface area contributed by atoms with Gasteiger partial charge in [0.1, 0.15) is 5.82 Å². The molecule has 0 spiro atoms. The van der Waals surface area contributed by atoms with Crippen molar-refractivity contribution in [3.8, 4) is 6.07 Å². The first-order chi connectivity index (χ1) is 11.6. The summed E-state index contributed by atoms with van der Waals surface area (Å²) >= 11 is 5.89. The van der Waals surface area contributed by atoms with Crippen molar-refractivity contribution in [1.82, 2.24) is 9.78 Å². The molecule has 2 rings (SSSR count). The number of nitrogens with one attached hydrogen (secondary N) is 1. The van der Waals surface area contributed by atoms with Crippen LogP contribution in [0.15, 0.2) is 36.7 Å². The average Bonchev–Trinajstić information content (AvgIpc) is 2.98. The molecule has 0 unspecified atom stereocenters. The van der Waals surface area contributed by atoms with Crippen molar-refractivity contribution in [3.63, 3.8) is 0 Å². The van der Waals surface area contributed by atoms with Crippen molar-refractivity contribution in [3.05, 3.63) is 53.1 Å². The van der Waals surface area contributed by atoms with Crippen molar-refractivity contribution in [1.29, 1.82) is 5.26 Å². The van der Waals surface area contributed by atoms with E-state index in [-0.39, 0.29) is 10.6 Å². The highest BCUT2D eigenvalue weighted by molar-refractivity contribution is 6.32. The second-order valence-electron chi connectivity index (χ2n) is 5.07. The maximum Gasteiger partial charge on any atom is 0.248 e. The molecule has 7 heteroatoms. The maximum atomic E-state index is 13.6. The van der Waals surface area contributed by atoms with Gasteiger partial charge in [0, 0.05) is 30.8 Å². The number of amides is 1. The van der Waals surface area contributed by atoms with Gasteiger partial charge >= 0.3 is 0 Å². The number of anilines is 1. The molecule has 0 radical (unpaired) electrons. The Morgan fingerprint density at radius 1 is 1.46 bits per heavy atom. The van der Waals surface area contributed by atoms with Crippen LogP contribution in [0.3, 0.4) is 0 Å². The molecule has 0 fully saturated rings. The summed E-state index contributed by atoms with van der Waals surface area (Å²) in [5.41, 5.74) is 0.715. The van der Waals surface area contributed by atoms with Gasteiger partial charge in [-0.25, -0.2) is 4.39 Å². The minimum atomic E-state index is -0.489. The standard InChI is InChI=1S/C17H16ClFN4O/c18-15-5-4-6-16(19)14(15)7-8-17(24)22-13-11-21-23(12-13)10-3-1-2-9-20/h4-8,11-12H,1-3,10H2,(H,22,24). The monoisotopic (exact) mass is 346 g/mol. The topological polar surface area (TPSA) is 70.7 Å². The van der Waals surface area contributed by atoms with Gasteiger partial charge in [-0.1, -0.05) is 17.7 Å². The molecule has 1 amide bonds. The fourth-order valence-electron chi connectivity index (χ4n) is 2.04. The summed E-state index contributed by atoms with van der Waals surface area (Å²) in [6.07, 6.45) is 7.96. The zero-order chi connectivity index (χ0) is 17.4. The van der Waals surface area contributed by atoms with E-state index in [4.69, 9.17) is 16.9 Å². The second kappa shape index (κ2) is 8.85. The van der Waals surface area contributed by atoms with E-state index >= 15 is 0 Å². The minimum absolute atomic E-state index is 0.169. The molecule has 0 atom stereocenters. The highest BCUT2D eigenvalue weighted by Gasteiger charge is 2.05. The highest BCUT2D eigenvalue weighted by Crippen LogP contribution is 2.20. The molecule has 1 aromatic heterocycles. The van der Waals surface area contributed by atoms with Gasteiger partial charge in [-0.2, -0.15) is 10.4 Å². The van der Waals surface area contributed by atoms with Crippen molar-refractivity contribution in [2.24, 2.45) is 0 Å². The molecular formula is C17H16ClFN4O. The van der Waals surface area contributed by atoms with Gasteiger partial charge in [-0.05, 0) is 31.1 Å². The minimum Gasteiger partial charge on any atom is -0.320 e. The van der Waals surface area contributed by atoms with Crippen LogP contribution in [-0.4, -0.2) is 15.7 Å². The zero-order valence-corrected chi connectivity index (χ0v) is 13.6. The molecule has 124 valence electrons. The Hall–Kier alpha value is -2.65. The van der Waals surface area contributed by atoms with E-state index in [0.29, 0.717) is 18.7 Å². The van der Waals surface area contributed by atoms with E-state index in [0.717, 1.165) is 12.8 Å². The van der Waals surface area contributed by atoms with E-state index in [9.17, 15) is 9.18 Å². The quantitative estimate of drug-likeness (QED) is 0.608. The Kier molecular flexibility index (Phi) is 6.52. The van der Waals surface area contributed by atoms with Gasteiger partial charge in [0.15, 0.2) is 0 Å². The number of aryl methyl sites for hydroxylation is 1. The van der Waals surface area contributed by atoms with Crippen LogP contribution in [0.5, 0.6) is 0 Å². The van der Waals surface area contributed by atoms with E-state index in [1.807, 2.05) is 0 Å². The largest absolute Gasteiger partial charge is 0.320 e. The molecule has 1 heterocycles. The van der Waals surface area contributed by atoms with E-state index in [2.05, 4.69) is 16.5 Å². The summed E-state index contributed by atoms with van der Waals surface area (Å²) in [4.78, 5) is 11.9. The molecule has 0 saturated heterocycles. The highest BCUT2D eigenvalue weighted by atomic mass is 35.5. The number of halogens is 2. The van der Waals surface area contributed by atoms with E-state index in [1.165, 1.54) is 30.5 Å². The smallest absolute Gasteiger partial charge is 0.248 e. The van der Waals surface area contributed by atoms with Crippen molar-refractivity contribution in [2.75, 3.05) is 5.32 Å². The van der Waals surface area contributed by atoms with Crippen LogP contribution in [0, 0.1) is 17.1 Å². The summed E-state index contributed by atoms with van der Waals surface area (Å²) in [5.74, 6) is -0.893. The third-order valence-corrected chi connectivity index (χ3v) is 3.56. The molecule has 2 aromatic rings. The van der Waals surface area contributed by atoms with Crippen LogP contribution < -0.4 is 5.32 Å². The lowest BCUT2D eigenvalue weighted by molar-refractivity contribution is -0.111. The summed E-state index contributed by atoms with van der Waals surface area (Å²) in [5, 5.41) is 15.5. The van der Waals surface area contributed by atoms with Crippen molar-refractivity contribution >= 4 is 29.3 Å². The molecular weight excluding hydrogens is 331 g/mol. The average molecular weight is 347 g/mol. The van der Waals surface area contributed by atoms with Gasteiger partial charge in [0.2, 0.25) is 5.91 Å². The van der Waals surface area contributed by atoms with Crippen LogP contribution in [0.1, 0.15) is 24.8 Å². The zero-order valence-electron chi connectivity index (χ0n) is 12.9. The number of hydrogen-bond acceptors (Lipinski definition) is 3. The van der Waals surface area contributed by atoms with E-state index < -0.39 is 11.7 Å². The number of nitriles is 1. The van der Waals surface area contributed by atoms with Crippen LogP contribution in [0.2, 0.25) is 5.02 Å². The summed E-state index contributed by atoms with van der Waals surface area (Å²) < 4.78 is 15.3. The lowest BCUT2D eigenvalue weighted by atomic mass is 10.2. The molecule has 0 aliphatic carbocycles. The normalized spacial score (nSPS) is 10.7. The summed E-state index contributed by atoms with van der Waals surface area (Å²) in [7, 11) is 0. The number of unbranched alkanes of at least 4 members (excludes halogenated alkanes) is 2. The Morgan fingerprint density at radius 3 is 3.04 bits per heavy atom. The molecule has 5 nitrogen and oxygen atoms in total. The first-order valence-electron chi connectivity index (χ1n) is 7.42. The molecule has 24 heavy (non-hydrogen) atoms. The molecule has 0 aliphatic rings. The van der Waals surface area contributed by atoms with Crippen molar-refractivity contribution < 1.29 is 9.18 Å². The fraction of sp³-hybridized carbons (Fsp3) is 0.235. The molecule has 1 aromatic carbocycles. The van der Waals surface area contributed by atoms with Gasteiger partial charge in [0.25, 0.3) is 0 Å². The van der Waals surface area contributed by atoms with Gasteiger partial charge in [-0.15, -0.1) is 0 Å². The predicted molar refractivity (Wildman–Crippen MR) is 90.8 cm³/mol. The molecule has 0 aliphatic heterocycles. The molecule has 0 saturated carbocycles. The number of hydrogen-bond donors (Lipinski definition) is 1. The lowest BCUT2D eigenvalue weighted by Gasteiger charge is -2.01. The Morgan fingerprint density at radius 2 is 2.29 bits per heavy atom. The van der Waals surface area contributed by atoms with Gasteiger partial charge < -0.3 is 5.32 Å². The second-order valence-corrected chi connectivity index (χ2v) is 5.47. The predicted octanol–water partition coefficient (Wildman–Crippen LogP) is 4.02. The first-order valence-corrected chi connectivity index (χ1v) is 7.80. The van der Waals surface area contributed by atoms with Gasteiger partial charge in [-0.3, -0.25) is 9.48 Å². The Bertz CT molecular complexity index is 759. The van der Waals surface area contributed by atoms with Crippen molar-refractivity contribution in [2.45, 2.75) is 25.8 Å². The number of benzene rings is 1. The SMILES string of the molecule is N#CCCCCn1cc(NC(=O)C=Cc2c(F)cccc2Cl)cn1. The van der Waals surface area contributed by atoms with Crippen LogP contribution in [0.25, 0.3) is 6.08 Å². The van der Waals surface area contributed by atoms with Gasteiger partial charge in [0.05, 0.1) is 23.0 Å². The summed E-state index contributed by atoms with van der Waals surface area (Å²) in [6, 6.07) is 6.42. The fourth-order valence-corrected chi connectivity index (χ4v) is 2.27. The van der Waals surface area contributed by atoms with Crippen LogP contribution in [-0.2, 0) is 11.3 Å². The number of aromatic nitrogens is 2. The molecule has 1 N–H and O–H groups in total. The molecule has 0 bridgehead atoms. The lowest BCUT2D eigenvalue weighted by Crippen LogP contribution is -2.07. The Balaban J connectivity index is 1.90. The number of carbonyl (C=O) groups excluding carboxylic acids is 1. The Labute approximate surface area is 144 Å². The maximum absolute atomic E-state index is 13.6. The van der Waals surface area contributed by atoms with Crippen LogP contribution in [0.4, 0.5) is 10.1 Å². The summed E-state index contributed by atoms with van der Waals surface area (Å²) in [6.45, 7) is 0.679. The first kappa shape index (κ1) is 17.7. The third-order valence-electron chi connectivity index (χ3n) is 3.23. The van der Waals surface area contributed by atoms with E-state index in [1.54, 1.807) is 16.9 Å². The number of nitrogens with zero attached hydrogens (tertiary/aromatic N) is 3. The number of rotatable bonds is 7.